The van der Waals surface area contributed by atoms with E-state index in [1.807, 2.05) is 12.1 Å². The number of anilines is 1. The summed E-state index contributed by atoms with van der Waals surface area (Å²) in [5, 5.41) is 5.72. The molecule has 2 N–H and O–H groups in total. The molecule has 0 aromatic heterocycles. The Kier molecular flexibility index (Phi) is 6.44. The SMILES string of the molecule is CN=C(NCCC(F)(F)F)NCc1ccc(CN2CCc3ccccc32)cc1. The fourth-order valence-corrected chi connectivity index (χ4v) is 3.28. The van der Waals surface area contributed by atoms with Crippen LogP contribution < -0.4 is 15.5 Å². The van der Waals surface area contributed by atoms with Gasteiger partial charge in [0.25, 0.3) is 0 Å². The summed E-state index contributed by atoms with van der Waals surface area (Å²) in [6.45, 7) is 2.20. The number of benzene rings is 2. The van der Waals surface area contributed by atoms with Crippen LogP contribution in [0.25, 0.3) is 0 Å². The van der Waals surface area contributed by atoms with Crippen LogP contribution in [0.3, 0.4) is 0 Å². The lowest BCUT2D eigenvalue weighted by Gasteiger charge is -2.19. The molecule has 0 fully saturated rings. The number of nitrogens with zero attached hydrogens (tertiary/aromatic N) is 2. The van der Waals surface area contributed by atoms with Gasteiger partial charge in [-0.05, 0) is 29.2 Å². The summed E-state index contributed by atoms with van der Waals surface area (Å²) in [4.78, 5) is 6.33. The second kappa shape index (κ2) is 8.99. The Bertz CT molecular complexity index is 800. The number of halogens is 3. The van der Waals surface area contributed by atoms with E-state index in [2.05, 4.69) is 56.9 Å². The predicted molar refractivity (Wildman–Crippen MR) is 107 cm³/mol. The number of nitrogens with one attached hydrogen (secondary N) is 2. The van der Waals surface area contributed by atoms with Crippen LogP contribution in [0.5, 0.6) is 0 Å². The number of hydrogen-bond donors (Lipinski definition) is 2. The van der Waals surface area contributed by atoms with E-state index in [4.69, 9.17) is 0 Å². The Morgan fingerprint density at radius 1 is 1.04 bits per heavy atom. The van der Waals surface area contributed by atoms with Crippen molar-refractivity contribution in [1.29, 1.82) is 0 Å². The summed E-state index contributed by atoms with van der Waals surface area (Å²) in [6.07, 6.45) is -3.97. The normalized spacial score (nSPS) is 14.1. The minimum Gasteiger partial charge on any atom is -0.367 e. The van der Waals surface area contributed by atoms with Crippen molar-refractivity contribution in [3.8, 4) is 0 Å². The van der Waals surface area contributed by atoms with E-state index in [1.54, 1.807) is 7.05 Å². The first-order valence-corrected chi connectivity index (χ1v) is 9.36. The molecule has 0 bridgehead atoms. The maximum absolute atomic E-state index is 12.2. The van der Waals surface area contributed by atoms with Gasteiger partial charge in [-0.3, -0.25) is 4.99 Å². The van der Waals surface area contributed by atoms with Crippen LogP contribution >= 0.6 is 0 Å². The van der Waals surface area contributed by atoms with Crippen LogP contribution in [0.4, 0.5) is 18.9 Å². The molecule has 0 radical (unpaired) electrons. The molecule has 0 aliphatic carbocycles. The van der Waals surface area contributed by atoms with Gasteiger partial charge < -0.3 is 15.5 Å². The van der Waals surface area contributed by atoms with Gasteiger partial charge in [-0.1, -0.05) is 42.5 Å². The van der Waals surface area contributed by atoms with Gasteiger partial charge in [-0.2, -0.15) is 13.2 Å². The van der Waals surface area contributed by atoms with Gasteiger partial charge in [0.05, 0.1) is 6.42 Å². The maximum atomic E-state index is 12.2. The highest BCUT2D eigenvalue weighted by Crippen LogP contribution is 2.28. The molecule has 0 atom stereocenters. The predicted octanol–water partition coefficient (Wildman–Crippen LogP) is 3.87. The lowest BCUT2D eigenvalue weighted by atomic mass is 10.1. The average Bonchev–Trinajstić information content (AvgIpc) is 3.08. The first-order valence-electron chi connectivity index (χ1n) is 9.36. The Morgan fingerprint density at radius 2 is 1.75 bits per heavy atom. The van der Waals surface area contributed by atoms with Crippen molar-refractivity contribution in [1.82, 2.24) is 10.6 Å². The number of aliphatic imine (C=N–C) groups is 1. The first kappa shape index (κ1) is 20.0. The van der Waals surface area contributed by atoms with Crippen molar-refractivity contribution in [2.45, 2.75) is 32.1 Å². The van der Waals surface area contributed by atoms with E-state index < -0.39 is 12.6 Å². The monoisotopic (exact) mass is 390 g/mol. The molecule has 4 nitrogen and oxygen atoms in total. The minimum atomic E-state index is -4.17. The highest BCUT2D eigenvalue weighted by molar-refractivity contribution is 5.79. The lowest BCUT2D eigenvalue weighted by Crippen LogP contribution is -2.38. The Hall–Kier alpha value is -2.70. The molecule has 0 saturated heterocycles. The number of hydrogen-bond acceptors (Lipinski definition) is 2. The Balaban J connectivity index is 1.48. The largest absolute Gasteiger partial charge is 0.390 e. The number of para-hydroxylation sites is 1. The summed E-state index contributed by atoms with van der Waals surface area (Å²) in [5.74, 6) is 0.363. The Labute approximate surface area is 163 Å². The molecule has 0 spiro atoms. The van der Waals surface area contributed by atoms with Crippen molar-refractivity contribution in [3.63, 3.8) is 0 Å². The highest BCUT2D eigenvalue weighted by atomic mass is 19.4. The first-order chi connectivity index (χ1) is 13.4. The van der Waals surface area contributed by atoms with Crippen molar-refractivity contribution in [2.24, 2.45) is 4.99 Å². The zero-order valence-corrected chi connectivity index (χ0v) is 15.9. The topological polar surface area (TPSA) is 39.7 Å². The third-order valence-corrected chi connectivity index (χ3v) is 4.76. The van der Waals surface area contributed by atoms with Gasteiger partial charge in [0.1, 0.15) is 0 Å². The van der Waals surface area contributed by atoms with Gasteiger partial charge in [0.15, 0.2) is 5.96 Å². The number of fused-ring (bicyclic) bond motifs is 1. The summed E-state index contributed by atoms with van der Waals surface area (Å²) in [7, 11) is 1.54. The summed E-state index contributed by atoms with van der Waals surface area (Å²) < 4.78 is 36.7. The standard InChI is InChI=1S/C21H25F3N4/c1-25-20(26-12-11-21(22,23)24)27-14-16-6-8-17(9-7-16)15-28-13-10-18-4-2-3-5-19(18)28/h2-9H,10-15H2,1H3,(H2,25,26,27). The molecule has 7 heteroatoms. The lowest BCUT2D eigenvalue weighted by molar-refractivity contribution is -0.132. The summed E-state index contributed by atoms with van der Waals surface area (Å²) in [5.41, 5.74) is 4.98. The number of alkyl halides is 3. The fraction of sp³-hybridized carbons (Fsp3) is 0.381. The molecular formula is C21H25F3N4. The fourth-order valence-electron chi connectivity index (χ4n) is 3.28. The molecule has 0 amide bonds. The zero-order valence-electron chi connectivity index (χ0n) is 15.9. The molecule has 1 aliphatic heterocycles. The van der Waals surface area contributed by atoms with Crippen molar-refractivity contribution >= 4 is 11.6 Å². The van der Waals surface area contributed by atoms with Gasteiger partial charge in [-0.15, -0.1) is 0 Å². The van der Waals surface area contributed by atoms with E-state index >= 15 is 0 Å². The van der Waals surface area contributed by atoms with Crippen molar-refractivity contribution < 1.29 is 13.2 Å². The molecule has 0 unspecified atom stereocenters. The third kappa shape index (κ3) is 5.65. The third-order valence-electron chi connectivity index (χ3n) is 4.76. The van der Waals surface area contributed by atoms with Crippen LogP contribution in [-0.4, -0.2) is 32.3 Å². The van der Waals surface area contributed by atoms with Gasteiger partial charge in [0, 0.05) is 38.9 Å². The van der Waals surface area contributed by atoms with Crippen LogP contribution in [0.2, 0.25) is 0 Å². The zero-order chi connectivity index (χ0) is 20.0. The van der Waals surface area contributed by atoms with E-state index in [0.29, 0.717) is 12.5 Å². The summed E-state index contributed by atoms with van der Waals surface area (Å²) in [6, 6.07) is 16.8. The molecule has 1 aliphatic rings. The van der Waals surface area contributed by atoms with Gasteiger partial charge >= 0.3 is 6.18 Å². The van der Waals surface area contributed by atoms with Crippen LogP contribution in [0.15, 0.2) is 53.5 Å². The quantitative estimate of drug-likeness (QED) is 0.581. The van der Waals surface area contributed by atoms with Crippen molar-refractivity contribution in [3.05, 3.63) is 65.2 Å². The van der Waals surface area contributed by atoms with Crippen LogP contribution in [0.1, 0.15) is 23.1 Å². The minimum absolute atomic E-state index is 0.195. The summed E-state index contributed by atoms with van der Waals surface area (Å²) >= 11 is 0. The van der Waals surface area contributed by atoms with Crippen LogP contribution in [0, 0.1) is 0 Å². The van der Waals surface area contributed by atoms with Gasteiger partial charge in [0.2, 0.25) is 0 Å². The molecule has 28 heavy (non-hydrogen) atoms. The second-order valence-corrected chi connectivity index (χ2v) is 6.83. The highest BCUT2D eigenvalue weighted by Gasteiger charge is 2.26. The van der Waals surface area contributed by atoms with E-state index in [9.17, 15) is 13.2 Å². The van der Waals surface area contributed by atoms with Gasteiger partial charge in [-0.25, -0.2) is 0 Å². The molecule has 150 valence electrons. The number of guanidine groups is 1. The number of rotatable bonds is 6. The molecular weight excluding hydrogens is 365 g/mol. The van der Waals surface area contributed by atoms with E-state index in [0.717, 1.165) is 25.1 Å². The van der Waals surface area contributed by atoms with Crippen molar-refractivity contribution in [2.75, 3.05) is 25.0 Å². The molecule has 1 heterocycles. The molecule has 0 saturated carbocycles. The smallest absolute Gasteiger partial charge is 0.367 e. The van der Waals surface area contributed by atoms with Crippen LogP contribution in [-0.2, 0) is 19.5 Å². The van der Waals surface area contributed by atoms with E-state index in [-0.39, 0.29) is 6.54 Å². The Morgan fingerprint density at radius 3 is 2.46 bits per heavy atom. The second-order valence-electron chi connectivity index (χ2n) is 6.83. The molecule has 3 rings (SSSR count). The maximum Gasteiger partial charge on any atom is 0.390 e. The average molecular weight is 390 g/mol. The van der Waals surface area contributed by atoms with E-state index in [1.165, 1.54) is 16.8 Å². The molecule has 2 aromatic carbocycles. The molecule has 2 aromatic rings.